The van der Waals surface area contributed by atoms with Gasteiger partial charge < -0.3 is 10.1 Å². The standard InChI is InChI=1S/C17H24N2O4S/c1-24(21,22)19-8-6-14(7-9-19)17(20)18-11-13-10-15-4-2-3-5-16(15)23-12-13/h2-5,13-14H,6-12H2,1H3,(H,18,20). The summed E-state index contributed by atoms with van der Waals surface area (Å²) < 4.78 is 30.2. The molecule has 1 atom stereocenters. The number of benzene rings is 1. The van der Waals surface area contributed by atoms with Gasteiger partial charge in [0.1, 0.15) is 5.75 Å². The quantitative estimate of drug-likeness (QED) is 0.878. The van der Waals surface area contributed by atoms with Crippen LogP contribution in [0.25, 0.3) is 0 Å². The minimum absolute atomic E-state index is 0.0296. The van der Waals surface area contributed by atoms with E-state index in [9.17, 15) is 13.2 Å². The van der Waals surface area contributed by atoms with Gasteiger partial charge in [0.25, 0.3) is 0 Å². The fourth-order valence-corrected chi connectivity index (χ4v) is 4.23. The summed E-state index contributed by atoms with van der Waals surface area (Å²) in [5, 5.41) is 3.02. The van der Waals surface area contributed by atoms with Gasteiger partial charge >= 0.3 is 0 Å². The second-order valence-corrected chi connectivity index (χ2v) is 8.65. The Kier molecular flexibility index (Phi) is 5.10. The van der Waals surface area contributed by atoms with Crippen molar-refractivity contribution >= 4 is 15.9 Å². The molecule has 1 fully saturated rings. The van der Waals surface area contributed by atoms with Crippen molar-refractivity contribution in [2.75, 3.05) is 32.5 Å². The second-order valence-electron chi connectivity index (χ2n) is 6.67. The molecule has 2 aliphatic rings. The van der Waals surface area contributed by atoms with Gasteiger partial charge in [0.15, 0.2) is 0 Å². The van der Waals surface area contributed by atoms with Gasteiger partial charge in [-0.3, -0.25) is 4.79 Å². The highest BCUT2D eigenvalue weighted by molar-refractivity contribution is 7.88. The van der Waals surface area contributed by atoms with Crippen molar-refractivity contribution in [1.82, 2.24) is 9.62 Å². The number of nitrogens with zero attached hydrogens (tertiary/aromatic N) is 1. The fourth-order valence-electron chi connectivity index (χ4n) is 3.36. The molecule has 132 valence electrons. The first-order valence-electron chi connectivity index (χ1n) is 8.37. The summed E-state index contributed by atoms with van der Waals surface area (Å²) in [6, 6.07) is 7.99. The van der Waals surface area contributed by atoms with Gasteiger partial charge in [-0.15, -0.1) is 0 Å². The molecule has 0 aliphatic carbocycles. The lowest BCUT2D eigenvalue weighted by Gasteiger charge is -2.30. The molecule has 0 spiro atoms. The maximum atomic E-state index is 12.3. The van der Waals surface area contributed by atoms with Crippen LogP contribution in [0.2, 0.25) is 0 Å². The molecule has 0 aromatic heterocycles. The van der Waals surface area contributed by atoms with E-state index in [0.29, 0.717) is 39.1 Å². The van der Waals surface area contributed by atoms with Gasteiger partial charge in [-0.05, 0) is 30.9 Å². The lowest BCUT2D eigenvalue weighted by atomic mass is 9.95. The summed E-state index contributed by atoms with van der Waals surface area (Å²) in [6.07, 6.45) is 3.29. The van der Waals surface area contributed by atoms with Gasteiger partial charge in [0, 0.05) is 31.5 Å². The lowest BCUT2D eigenvalue weighted by Crippen LogP contribution is -2.44. The van der Waals surface area contributed by atoms with Crippen LogP contribution in [-0.4, -0.2) is 51.1 Å². The Labute approximate surface area is 143 Å². The first kappa shape index (κ1) is 17.2. The Balaban J connectivity index is 1.45. The van der Waals surface area contributed by atoms with Crippen molar-refractivity contribution in [3.63, 3.8) is 0 Å². The second kappa shape index (κ2) is 7.11. The zero-order valence-corrected chi connectivity index (χ0v) is 14.7. The molecule has 0 bridgehead atoms. The van der Waals surface area contributed by atoms with Crippen LogP contribution >= 0.6 is 0 Å². The SMILES string of the molecule is CS(=O)(=O)N1CCC(C(=O)NCC2COc3ccccc3C2)CC1. The molecule has 1 unspecified atom stereocenters. The molecule has 1 N–H and O–H groups in total. The van der Waals surface area contributed by atoms with Crippen LogP contribution in [0.4, 0.5) is 0 Å². The van der Waals surface area contributed by atoms with Crippen molar-refractivity contribution < 1.29 is 17.9 Å². The minimum atomic E-state index is -3.15. The summed E-state index contributed by atoms with van der Waals surface area (Å²) in [7, 11) is -3.15. The number of piperidine rings is 1. The number of rotatable bonds is 4. The highest BCUT2D eigenvalue weighted by atomic mass is 32.2. The molecule has 1 saturated heterocycles. The first-order chi connectivity index (χ1) is 11.4. The summed E-state index contributed by atoms with van der Waals surface area (Å²) in [6.45, 7) is 2.07. The number of carbonyl (C=O) groups is 1. The highest BCUT2D eigenvalue weighted by Gasteiger charge is 2.29. The van der Waals surface area contributed by atoms with E-state index in [2.05, 4.69) is 11.4 Å². The third kappa shape index (κ3) is 4.08. The van der Waals surface area contributed by atoms with E-state index in [1.807, 2.05) is 18.2 Å². The maximum Gasteiger partial charge on any atom is 0.223 e. The molecule has 24 heavy (non-hydrogen) atoms. The molecule has 1 aromatic rings. The van der Waals surface area contributed by atoms with E-state index in [0.717, 1.165) is 12.2 Å². The van der Waals surface area contributed by atoms with E-state index < -0.39 is 10.0 Å². The Bertz CT molecular complexity index is 696. The van der Waals surface area contributed by atoms with Gasteiger partial charge in [0.2, 0.25) is 15.9 Å². The zero-order chi connectivity index (χ0) is 17.2. The average Bonchev–Trinajstić information content (AvgIpc) is 2.59. The van der Waals surface area contributed by atoms with Crippen molar-refractivity contribution in [3.8, 4) is 5.75 Å². The molecule has 2 heterocycles. The van der Waals surface area contributed by atoms with Crippen LogP contribution in [0, 0.1) is 11.8 Å². The van der Waals surface area contributed by atoms with E-state index in [1.165, 1.54) is 16.1 Å². The largest absolute Gasteiger partial charge is 0.493 e. The molecule has 6 nitrogen and oxygen atoms in total. The number of carbonyl (C=O) groups excluding carboxylic acids is 1. The van der Waals surface area contributed by atoms with Gasteiger partial charge in [-0.1, -0.05) is 18.2 Å². The Morgan fingerprint density at radius 2 is 2.00 bits per heavy atom. The van der Waals surface area contributed by atoms with Crippen LogP contribution < -0.4 is 10.1 Å². The Morgan fingerprint density at radius 3 is 2.71 bits per heavy atom. The fraction of sp³-hybridized carbons (Fsp3) is 0.588. The number of ether oxygens (including phenoxy) is 1. The topological polar surface area (TPSA) is 75.7 Å². The molecular formula is C17H24N2O4S. The summed E-state index contributed by atoms with van der Waals surface area (Å²) in [4.78, 5) is 12.3. The van der Waals surface area contributed by atoms with Gasteiger partial charge in [-0.2, -0.15) is 0 Å². The molecule has 1 aromatic carbocycles. The minimum Gasteiger partial charge on any atom is -0.493 e. The summed E-state index contributed by atoms with van der Waals surface area (Å²) >= 11 is 0. The monoisotopic (exact) mass is 352 g/mol. The normalized spacial score (nSPS) is 22.5. The summed E-state index contributed by atoms with van der Waals surface area (Å²) in [5.74, 6) is 1.15. The van der Waals surface area contributed by atoms with Crippen molar-refractivity contribution in [2.45, 2.75) is 19.3 Å². The number of hydrogen-bond acceptors (Lipinski definition) is 4. The smallest absolute Gasteiger partial charge is 0.223 e. The lowest BCUT2D eigenvalue weighted by molar-refractivity contribution is -0.126. The molecule has 0 radical (unpaired) electrons. The van der Waals surface area contributed by atoms with Crippen LogP contribution in [0.1, 0.15) is 18.4 Å². The van der Waals surface area contributed by atoms with E-state index in [-0.39, 0.29) is 17.7 Å². The van der Waals surface area contributed by atoms with E-state index in [4.69, 9.17) is 4.74 Å². The molecule has 0 saturated carbocycles. The molecule has 3 rings (SSSR count). The predicted octanol–water partition coefficient (Wildman–Crippen LogP) is 1.03. The van der Waals surface area contributed by atoms with Crippen LogP contribution in [0.3, 0.4) is 0 Å². The van der Waals surface area contributed by atoms with Crippen LogP contribution in [-0.2, 0) is 21.2 Å². The van der Waals surface area contributed by atoms with Crippen LogP contribution in [0.5, 0.6) is 5.75 Å². The average molecular weight is 352 g/mol. The van der Waals surface area contributed by atoms with Crippen LogP contribution in [0.15, 0.2) is 24.3 Å². The first-order valence-corrected chi connectivity index (χ1v) is 10.2. The van der Waals surface area contributed by atoms with E-state index in [1.54, 1.807) is 0 Å². The van der Waals surface area contributed by atoms with E-state index >= 15 is 0 Å². The number of sulfonamides is 1. The molecule has 2 aliphatic heterocycles. The third-order valence-corrected chi connectivity index (χ3v) is 6.12. The predicted molar refractivity (Wildman–Crippen MR) is 91.3 cm³/mol. The summed E-state index contributed by atoms with van der Waals surface area (Å²) in [5.41, 5.74) is 1.18. The highest BCUT2D eigenvalue weighted by Crippen LogP contribution is 2.26. The van der Waals surface area contributed by atoms with Gasteiger partial charge in [0.05, 0.1) is 12.9 Å². The van der Waals surface area contributed by atoms with Crippen molar-refractivity contribution in [3.05, 3.63) is 29.8 Å². The van der Waals surface area contributed by atoms with Crippen molar-refractivity contribution in [2.24, 2.45) is 11.8 Å². The molecular weight excluding hydrogens is 328 g/mol. The maximum absolute atomic E-state index is 12.3. The number of fused-ring (bicyclic) bond motifs is 1. The van der Waals surface area contributed by atoms with Gasteiger partial charge in [-0.25, -0.2) is 12.7 Å². The molecule has 7 heteroatoms. The zero-order valence-electron chi connectivity index (χ0n) is 13.9. The Hall–Kier alpha value is -1.60. The number of nitrogens with one attached hydrogen (secondary N) is 1. The molecule has 1 amide bonds. The Morgan fingerprint density at radius 1 is 1.29 bits per heavy atom. The third-order valence-electron chi connectivity index (χ3n) is 4.81. The number of para-hydroxylation sites is 1. The van der Waals surface area contributed by atoms with Crippen molar-refractivity contribution in [1.29, 1.82) is 0 Å². The number of amides is 1. The number of hydrogen-bond donors (Lipinski definition) is 1.